The molecule has 112 valence electrons. The van der Waals surface area contributed by atoms with Crippen molar-refractivity contribution in [3.63, 3.8) is 0 Å². The van der Waals surface area contributed by atoms with Crippen molar-refractivity contribution in [3.8, 4) is 0 Å². The fourth-order valence-electron chi connectivity index (χ4n) is 2.62. The summed E-state index contributed by atoms with van der Waals surface area (Å²) in [6.07, 6.45) is 0.228. The van der Waals surface area contributed by atoms with Gasteiger partial charge in [0.1, 0.15) is 0 Å². The molecule has 2 heterocycles. The van der Waals surface area contributed by atoms with Gasteiger partial charge in [0.25, 0.3) is 12.0 Å². The van der Waals surface area contributed by atoms with Crippen LogP contribution in [-0.2, 0) is 0 Å². The number of aromatic nitrogens is 2. The van der Waals surface area contributed by atoms with Gasteiger partial charge in [-0.3, -0.25) is 4.79 Å². The Kier molecular flexibility index (Phi) is 3.61. The van der Waals surface area contributed by atoms with Crippen LogP contribution in [0.25, 0.3) is 10.9 Å². The molecule has 0 bridgehead atoms. The van der Waals surface area contributed by atoms with Crippen LogP contribution in [0.2, 0.25) is 0 Å². The van der Waals surface area contributed by atoms with Gasteiger partial charge in [-0.15, -0.1) is 0 Å². The summed E-state index contributed by atoms with van der Waals surface area (Å²) >= 11 is 0. The van der Waals surface area contributed by atoms with Crippen LogP contribution in [0.5, 0.6) is 0 Å². The van der Waals surface area contributed by atoms with Crippen LogP contribution < -0.4 is 10.6 Å². The Balaban J connectivity index is 2.06. The molecule has 0 N–H and O–H groups in total. The summed E-state index contributed by atoms with van der Waals surface area (Å²) in [5.74, 6) is -0.460. The average Bonchev–Trinajstić information content (AvgIpc) is 3.24. The Morgan fingerprint density at radius 1 is 1.38 bits per heavy atom. The zero-order valence-electron chi connectivity index (χ0n) is 11.8. The number of rotatable bonds is 5. The van der Waals surface area contributed by atoms with Gasteiger partial charge in [-0.2, -0.15) is 0 Å². The van der Waals surface area contributed by atoms with Crippen LogP contribution in [0.4, 0.5) is 8.78 Å². The van der Waals surface area contributed by atoms with Gasteiger partial charge in [0.05, 0.1) is 23.5 Å². The van der Waals surface area contributed by atoms with E-state index in [0.717, 1.165) is 23.9 Å². The summed E-state index contributed by atoms with van der Waals surface area (Å²) in [6, 6.07) is 6.79. The Morgan fingerprint density at radius 3 is 2.86 bits per heavy atom. The number of para-hydroxylation sites is 1. The number of hydrogen-bond donors (Lipinski definition) is 0. The fraction of sp³-hybridized carbons (Fsp3) is 0.467. The third-order valence-electron chi connectivity index (χ3n) is 3.81. The minimum absolute atomic E-state index is 0.170. The number of alkyl halides is 2. The predicted molar refractivity (Wildman–Crippen MR) is 77.4 cm³/mol. The molecular weight excluding hydrogens is 276 g/mol. The highest BCUT2D eigenvalue weighted by Gasteiger charge is 2.37. The number of halogens is 2. The summed E-state index contributed by atoms with van der Waals surface area (Å²) in [6.45, 7) is 2.72. The Labute approximate surface area is 121 Å². The molecule has 1 atom stereocenters. The van der Waals surface area contributed by atoms with Crippen LogP contribution in [-0.4, -0.2) is 22.2 Å². The minimum atomic E-state index is -2.77. The van der Waals surface area contributed by atoms with Crippen molar-refractivity contribution >= 4 is 10.9 Å². The molecule has 0 amide bonds. The van der Waals surface area contributed by atoms with Gasteiger partial charge in [0.2, 0.25) is 0 Å². The lowest BCUT2D eigenvalue weighted by Gasteiger charge is -2.15. The van der Waals surface area contributed by atoms with E-state index >= 15 is 0 Å². The Bertz CT molecular complexity index is 714. The lowest BCUT2D eigenvalue weighted by atomic mass is 10.2. The van der Waals surface area contributed by atoms with Gasteiger partial charge in [-0.05, 0) is 18.6 Å². The molecule has 4 nitrogen and oxygen atoms in total. The van der Waals surface area contributed by atoms with Gasteiger partial charge in [-0.1, -0.05) is 31.9 Å². The van der Waals surface area contributed by atoms with E-state index in [0.29, 0.717) is 17.4 Å². The molecule has 0 aliphatic carbocycles. The lowest BCUT2D eigenvalue weighted by molar-refractivity contribution is 0.134. The second-order valence-electron chi connectivity index (χ2n) is 5.32. The second-order valence-corrected chi connectivity index (χ2v) is 5.32. The highest BCUT2D eigenvalue weighted by molar-refractivity contribution is 5.77. The molecule has 1 aromatic heterocycles. The summed E-state index contributed by atoms with van der Waals surface area (Å²) in [5.41, 5.74) is -0.0871. The van der Waals surface area contributed by atoms with Gasteiger partial charge < -0.3 is 5.01 Å². The maximum atomic E-state index is 13.3. The van der Waals surface area contributed by atoms with Gasteiger partial charge in [0.15, 0.2) is 5.82 Å². The van der Waals surface area contributed by atoms with Crippen molar-refractivity contribution in [1.29, 1.82) is 0 Å². The van der Waals surface area contributed by atoms with Crippen LogP contribution in [0, 0.1) is 0 Å². The van der Waals surface area contributed by atoms with Crippen molar-refractivity contribution in [2.24, 2.45) is 0 Å². The quantitative estimate of drug-likeness (QED) is 0.796. The van der Waals surface area contributed by atoms with Crippen molar-refractivity contribution in [1.82, 2.24) is 9.66 Å². The maximum absolute atomic E-state index is 13.3. The zero-order valence-corrected chi connectivity index (χ0v) is 11.8. The number of fused-ring (bicyclic) bond motifs is 1. The van der Waals surface area contributed by atoms with Crippen LogP contribution >= 0.6 is 0 Å². The molecule has 1 aliphatic heterocycles. The van der Waals surface area contributed by atoms with E-state index in [9.17, 15) is 13.6 Å². The number of unbranched alkanes of at least 4 members (excludes halogenated alkanes) is 1. The average molecular weight is 293 g/mol. The fourth-order valence-corrected chi connectivity index (χ4v) is 2.62. The third kappa shape index (κ3) is 2.50. The van der Waals surface area contributed by atoms with Crippen molar-refractivity contribution in [2.75, 3.05) is 11.6 Å². The van der Waals surface area contributed by atoms with Crippen molar-refractivity contribution < 1.29 is 8.78 Å². The molecule has 6 heteroatoms. The molecule has 1 saturated heterocycles. The molecule has 1 aromatic carbocycles. The first kappa shape index (κ1) is 14.0. The molecule has 0 saturated carbocycles. The molecule has 1 unspecified atom stereocenters. The largest absolute Gasteiger partial charge is 0.301 e. The maximum Gasteiger partial charge on any atom is 0.297 e. The van der Waals surface area contributed by atoms with Gasteiger partial charge in [0, 0.05) is 0 Å². The summed E-state index contributed by atoms with van der Waals surface area (Å²) in [7, 11) is 0. The topological polar surface area (TPSA) is 37.9 Å². The SMILES string of the molecule is CCCCC1CN1n1c(C(F)F)nc2ccccc2c1=O. The molecule has 21 heavy (non-hydrogen) atoms. The minimum Gasteiger partial charge on any atom is -0.301 e. The molecular formula is C15H17F2N3O. The van der Waals surface area contributed by atoms with E-state index in [1.54, 1.807) is 29.3 Å². The third-order valence-corrected chi connectivity index (χ3v) is 3.81. The molecule has 3 rings (SSSR count). The first-order chi connectivity index (χ1) is 10.1. The lowest BCUT2D eigenvalue weighted by Crippen LogP contribution is -2.34. The highest BCUT2D eigenvalue weighted by atomic mass is 19.3. The summed E-state index contributed by atoms with van der Waals surface area (Å²) in [4.78, 5) is 16.5. The van der Waals surface area contributed by atoms with Crippen LogP contribution in [0.1, 0.15) is 38.4 Å². The Morgan fingerprint density at radius 2 is 2.14 bits per heavy atom. The number of nitrogens with zero attached hydrogens (tertiary/aromatic N) is 3. The van der Waals surface area contributed by atoms with Crippen LogP contribution in [0.3, 0.4) is 0 Å². The second kappa shape index (κ2) is 5.42. The van der Waals surface area contributed by atoms with E-state index in [1.807, 2.05) is 0 Å². The van der Waals surface area contributed by atoms with E-state index in [2.05, 4.69) is 11.9 Å². The van der Waals surface area contributed by atoms with Crippen molar-refractivity contribution in [2.45, 2.75) is 38.7 Å². The molecule has 1 fully saturated rings. The van der Waals surface area contributed by atoms with Gasteiger partial charge in [-0.25, -0.2) is 18.4 Å². The van der Waals surface area contributed by atoms with E-state index in [-0.39, 0.29) is 6.04 Å². The number of hydrogen-bond acceptors (Lipinski definition) is 3. The van der Waals surface area contributed by atoms with Crippen LogP contribution in [0.15, 0.2) is 29.1 Å². The normalized spacial score (nSPS) is 17.7. The molecule has 0 radical (unpaired) electrons. The first-order valence-corrected chi connectivity index (χ1v) is 7.20. The molecule has 0 spiro atoms. The predicted octanol–water partition coefficient (Wildman–Crippen LogP) is 2.84. The monoisotopic (exact) mass is 293 g/mol. The van der Waals surface area contributed by atoms with E-state index < -0.39 is 17.8 Å². The summed E-state index contributed by atoms with van der Waals surface area (Å²) < 4.78 is 27.6. The summed E-state index contributed by atoms with van der Waals surface area (Å²) in [5, 5.41) is 2.07. The van der Waals surface area contributed by atoms with Crippen molar-refractivity contribution in [3.05, 3.63) is 40.4 Å². The first-order valence-electron chi connectivity index (χ1n) is 7.20. The zero-order chi connectivity index (χ0) is 15.0. The highest BCUT2D eigenvalue weighted by Crippen LogP contribution is 2.25. The smallest absolute Gasteiger partial charge is 0.297 e. The number of benzene rings is 1. The molecule has 2 aromatic rings. The standard InChI is InChI=1S/C15H17F2N3O/c1-2-3-6-10-9-19(10)20-14(13(16)17)18-12-8-5-4-7-11(12)15(20)21/h4-5,7-8,10,13H,2-3,6,9H2,1H3. The van der Waals surface area contributed by atoms with E-state index in [1.165, 1.54) is 0 Å². The molecule has 1 aliphatic rings. The van der Waals surface area contributed by atoms with Gasteiger partial charge >= 0.3 is 0 Å². The van der Waals surface area contributed by atoms with E-state index in [4.69, 9.17) is 0 Å². The Hall–Kier alpha value is -1.98.